The van der Waals surface area contributed by atoms with Gasteiger partial charge in [0.1, 0.15) is 12.1 Å². The van der Waals surface area contributed by atoms with Crippen molar-refractivity contribution >= 4 is 34.6 Å². The number of carbonyl (C=O) groups is 4. The van der Waals surface area contributed by atoms with Gasteiger partial charge in [0.2, 0.25) is 17.7 Å². The second-order valence-electron chi connectivity index (χ2n) is 6.82. The Morgan fingerprint density at radius 3 is 2.37 bits per heavy atom. The summed E-state index contributed by atoms with van der Waals surface area (Å²) in [6.45, 7) is -0.813. The standard InChI is InChI=1S/C19H25N5O6/c20-12(5-6-16(21)26)17(27)23-14(18(28)24-15(9-25)19(29)30)7-10-8-22-13-4-2-1-3-11(10)13/h1-4,8,12,14-15,22,25H,5-7,9,20H2,(H2,21,26)(H,23,27)(H,24,28)(H,29,30). The average Bonchev–Trinajstić information content (AvgIpc) is 3.12. The summed E-state index contributed by atoms with van der Waals surface area (Å²) >= 11 is 0. The number of aromatic amines is 1. The quantitative estimate of drug-likeness (QED) is 0.226. The molecule has 1 aromatic carbocycles. The number of aliphatic hydroxyl groups excluding tert-OH is 1. The Kier molecular flexibility index (Phi) is 7.90. The molecule has 3 atom stereocenters. The minimum atomic E-state index is -1.52. The highest BCUT2D eigenvalue weighted by Crippen LogP contribution is 2.19. The van der Waals surface area contributed by atoms with E-state index in [2.05, 4.69) is 15.6 Å². The fourth-order valence-corrected chi connectivity index (χ4v) is 2.90. The first-order chi connectivity index (χ1) is 14.2. The SMILES string of the molecule is NC(=O)CCC(N)C(=O)NC(Cc1c[nH]c2ccccc12)C(=O)NC(CO)C(=O)O. The maximum atomic E-state index is 12.7. The van der Waals surface area contributed by atoms with Crippen molar-refractivity contribution < 1.29 is 29.4 Å². The first-order valence-electron chi connectivity index (χ1n) is 9.26. The van der Waals surface area contributed by atoms with E-state index in [1.165, 1.54) is 0 Å². The van der Waals surface area contributed by atoms with E-state index in [4.69, 9.17) is 21.7 Å². The lowest BCUT2D eigenvalue weighted by Gasteiger charge is -2.22. The molecule has 1 aromatic heterocycles. The molecule has 9 N–H and O–H groups in total. The molecule has 0 aliphatic rings. The fourth-order valence-electron chi connectivity index (χ4n) is 2.90. The molecule has 0 spiro atoms. The Morgan fingerprint density at radius 1 is 1.07 bits per heavy atom. The Morgan fingerprint density at radius 2 is 1.73 bits per heavy atom. The van der Waals surface area contributed by atoms with E-state index in [1.54, 1.807) is 6.20 Å². The zero-order valence-electron chi connectivity index (χ0n) is 16.1. The number of carboxylic acid groups (broad SMARTS) is 1. The van der Waals surface area contributed by atoms with Gasteiger partial charge in [-0.2, -0.15) is 0 Å². The predicted octanol–water partition coefficient (Wildman–Crippen LogP) is -1.65. The summed E-state index contributed by atoms with van der Waals surface area (Å²) in [6, 6.07) is 3.57. The zero-order valence-corrected chi connectivity index (χ0v) is 16.1. The van der Waals surface area contributed by atoms with Crippen LogP contribution in [0.2, 0.25) is 0 Å². The lowest BCUT2D eigenvalue weighted by molar-refractivity contribution is -0.143. The Hall–Kier alpha value is -3.44. The maximum Gasteiger partial charge on any atom is 0.328 e. The number of aliphatic carboxylic acids is 1. The van der Waals surface area contributed by atoms with Gasteiger partial charge in [-0.1, -0.05) is 18.2 Å². The molecule has 2 rings (SSSR count). The molecule has 0 radical (unpaired) electrons. The van der Waals surface area contributed by atoms with E-state index in [1.807, 2.05) is 24.3 Å². The van der Waals surface area contributed by atoms with Crippen molar-refractivity contribution in [3.05, 3.63) is 36.0 Å². The molecule has 0 saturated carbocycles. The summed E-state index contributed by atoms with van der Waals surface area (Å²) in [5, 5.41) is 23.7. The first-order valence-corrected chi connectivity index (χ1v) is 9.26. The molecule has 30 heavy (non-hydrogen) atoms. The van der Waals surface area contributed by atoms with Gasteiger partial charge in [0.05, 0.1) is 12.6 Å². The lowest BCUT2D eigenvalue weighted by atomic mass is 10.0. The van der Waals surface area contributed by atoms with Crippen molar-refractivity contribution in [3.63, 3.8) is 0 Å². The van der Waals surface area contributed by atoms with Crippen LogP contribution in [0, 0.1) is 0 Å². The average molecular weight is 419 g/mol. The molecule has 162 valence electrons. The molecule has 11 nitrogen and oxygen atoms in total. The number of hydrogen-bond donors (Lipinski definition) is 7. The Bertz CT molecular complexity index is 927. The van der Waals surface area contributed by atoms with Crippen LogP contribution < -0.4 is 22.1 Å². The highest BCUT2D eigenvalue weighted by Gasteiger charge is 2.28. The van der Waals surface area contributed by atoms with Gasteiger partial charge in [-0.3, -0.25) is 14.4 Å². The summed E-state index contributed by atoms with van der Waals surface area (Å²) in [5.74, 6) is -3.51. The van der Waals surface area contributed by atoms with Gasteiger partial charge < -0.3 is 37.3 Å². The number of aliphatic hydroxyl groups is 1. The summed E-state index contributed by atoms with van der Waals surface area (Å²) < 4.78 is 0. The number of benzene rings is 1. The summed E-state index contributed by atoms with van der Waals surface area (Å²) in [4.78, 5) is 50.2. The molecule has 3 unspecified atom stereocenters. The van der Waals surface area contributed by atoms with Crippen molar-refractivity contribution in [2.45, 2.75) is 37.4 Å². The van der Waals surface area contributed by atoms with E-state index in [-0.39, 0.29) is 19.3 Å². The van der Waals surface area contributed by atoms with Crippen molar-refractivity contribution in [3.8, 4) is 0 Å². The highest BCUT2D eigenvalue weighted by molar-refractivity contribution is 5.93. The van der Waals surface area contributed by atoms with Crippen LogP contribution in [0.15, 0.2) is 30.5 Å². The van der Waals surface area contributed by atoms with Crippen LogP contribution in [0.5, 0.6) is 0 Å². The molecular weight excluding hydrogens is 394 g/mol. The third-order valence-electron chi connectivity index (χ3n) is 4.57. The second-order valence-corrected chi connectivity index (χ2v) is 6.82. The molecule has 0 aliphatic carbocycles. The van der Waals surface area contributed by atoms with Crippen LogP contribution in [0.3, 0.4) is 0 Å². The number of aromatic nitrogens is 1. The largest absolute Gasteiger partial charge is 0.480 e. The van der Waals surface area contributed by atoms with E-state index in [0.29, 0.717) is 5.56 Å². The number of carbonyl (C=O) groups excluding carboxylic acids is 3. The fraction of sp³-hybridized carbons (Fsp3) is 0.368. The van der Waals surface area contributed by atoms with Gasteiger partial charge in [0, 0.05) is 29.9 Å². The lowest BCUT2D eigenvalue weighted by Crippen LogP contribution is -2.56. The predicted molar refractivity (Wildman–Crippen MR) is 107 cm³/mol. The van der Waals surface area contributed by atoms with Gasteiger partial charge in [-0.25, -0.2) is 4.79 Å². The zero-order chi connectivity index (χ0) is 22.3. The van der Waals surface area contributed by atoms with E-state index >= 15 is 0 Å². The van der Waals surface area contributed by atoms with Crippen LogP contribution >= 0.6 is 0 Å². The van der Waals surface area contributed by atoms with E-state index in [0.717, 1.165) is 10.9 Å². The summed E-state index contributed by atoms with van der Waals surface area (Å²) in [7, 11) is 0. The Labute approximate surface area is 171 Å². The van der Waals surface area contributed by atoms with Gasteiger partial charge in [0.15, 0.2) is 0 Å². The molecule has 0 bridgehead atoms. The number of nitrogens with two attached hydrogens (primary N) is 2. The molecule has 0 saturated heterocycles. The van der Waals surface area contributed by atoms with Gasteiger partial charge in [-0.15, -0.1) is 0 Å². The van der Waals surface area contributed by atoms with Gasteiger partial charge in [-0.05, 0) is 18.1 Å². The number of amides is 3. The number of para-hydroxylation sites is 1. The van der Waals surface area contributed by atoms with Crippen LogP contribution in [-0.4, -0.2) is 63.6 Å². The third-order valence-corrected chi connectivity index (χ3v) is 4.57. The van der Waals surface area contributed by atoms with Crippen LogP contribution in [-0.2, 0) is 25.6 Å². The highest BCUT2D eigenvalue weighted by atomic mass is 16.4. The van der Waals surface area contributed by atoms with Crippen molar-refractivity contribution in [2.24, 2.45) is 11.5 Å². The molecular formula is C19H25N5O6. The number of nitrogens with one attached hydrogen (secondary N) is 3. The van der Waals surface area contributed by atoms with Crippen LogP contribution in [0.4, 0.5) is 0 Å². The second kappa shape index (κ2) is 10.4. The molecule has 0 fully saturated rings. The number of primary amides is 1. The number of fused-ring (bicyclic) bond motifs is 1. The number of carboxylic acids is 1. The number of H-pyrrole nitrogens is 1. The van der Waals surface area contributed by atoms with Gasteiger partial charge in [0.25, 0.3) is 0 Å². The molecule has 3 amide bonds. The van der Waals surface area contributed by atoms with Crippen LogP contribution in [0.1, 0.15) is 18.4 Å². The molecule has 1 heterocycles. The van der Waals surface area contributed by atoms with Gasteiger partial charge >= 0.3 is 5.97 Å². The first kappa shape index (κ1) is 22.8. The topological polar surface area (TPSA) is 201 Å². The van der Waals surface area contributed by atoms with E-state index < -0.39 is 48.4 Å². The monoisotopic (exact) mass is 419 g/mol. The van der Waals surface area contributed by atoms with Crippen LogP contribution in [0.25, 0.3) is 10.9 Å². The van der Waals surface area contributed by atoms with Crippen molar-refractivity contribution in [2.75, 3.05) is 6.61 Å². The maximum absolute atomic E-state index is 12.7. The normalized spacial score (nSPS) is 13.9. The number of hydrogen-bond acceptors (Lipinski definition) is 6. The van der Waals surface area contributed by atoms with Crippen molar-refractivity contribution in [1.29, 1.82) is 0 Å². The summed E-state index contributed by atoms with van der Waals surface area (Å²) in [6.07, 6.45) is 1.63. The smallest absolute Gasteiger partial charge is 0.328 e. The minimum absolute atomic E-state index is 0.00299. The Balaban J connectivity index is 2.20. The third kappa shape index (κ3) is 6.03. The molecule has 11 heteroatoms. The van der Waals surface area contributed by atoms with E-state index in [9.17, 15) is 19.2 Å². The summed E-state index contributed by atoms with van der Waals surface area (Å²) in [5.41, 5.74) is 12.4. The molecule has 2 aromatic rings. The minimum Gasteiger partial charge on any atom is -0.480 e. The number of rotatable bonds is 11. The van der Waals surface area contributed by atoms with Crippen molar-refractivity contribution in [1.82, 2.24) is 15.6 Å². The molecule has 0 aliphatic heterocycles.